The van der Waals surface area contributed by atoms with Crippen LogP contribution in [0.1, 0.15) is 35.5 Å². The average Bonchev–Trinajstić information content (AvgIpc) is 2.84. The van der Waals surface area contributed by atoms with Gasteiger partial charge in [0.05, 0.1) is 23.0 Å². The summed E-state index contributed by atoms with van der Waals surface area (Å²) in [5.41, 5.74) is -5.44. The molecule has 1 fully saturated rings. The minimum absolute atomic E-state index is 0.0981. The first-order valence-corrected chi connectivity index (χ1v) is 9.13. The van der Waals surface area contributed by atoms with Crippen LogP contribution in [-0.2, 0) is 11.0 Å². The minimum atomic E-state index is -4.88. The fourth-order valence-corrected chi connectivity index (χ4v) is 3.99. The number of carbonyl (C=O) groups excluding carboxylic acids is 1. The van der Waals surface area contributed by atoms with Gasteiger partial charge in [-0.25, -0.2) is 14.2 Å². The Kier molecular flexibility index (Phi) is 5.35. The number of hydrogen-bond donors (Lipinski definition) is 2. The maximum Gasteiger partial charge on any atom is 0.419 e. The zero-order valence-electron chi connectivity index (χ0n) is 16.0. The maximum atomic E-state index is 14.2. The molecule has 0 saturated carbocycles. The van der Waals surface area contributed by atoms with Crippen LogP contribution >= 0.6 is 12.6 Å². The number of amides is 1. The Balaban J connectivity index is 2.10. The zero-order chi connectivity index (χ0) is 23.3. The lowest BCUT2D eigenvalue weighted by molar-refractivity contribution is -0.138. The molecule has 1 N–H and O–H groups in total. The van der Waals surface area contributed by atoms with E-state index in [9.17, 15) is 27.2 Å². The molecule has 162 valence electrons. The van der Waals surface area contributed by atoms with Gasteiger partial charge in [0, 0.05) is 5.69 Å². The summed E-state index contributed by atoms with van der Waals surface area (Å²) in [6, 6.07) is 5.18. The highest BCUT2D eigenvalue weighted by Gasteiger charge is 2.52. The summed E-state index contributed by atoms with van der Waals surface area (Å²) in [6.45, 7) is 2.92. The van der Waals surface area contributed by atoms with E-state index in [4.69, 9.17) is 10.4 Å². The van der Waals surface area contributed by atoms with E-state index < -0.39 is 51.7 Å². The van der Waals surface area contributed by atoms with Gasteiger partial charge in [-0.05, 0) is 38.1 Å². The third-order valence-corrected chi connectivity index (χ3v) is 5.29. The highest BCUT2D eigenvalue weighted by Crippen LogP contribution is 2.42. The number of halogens is 4. The highest BCUT2D eigenvalue weighted by molar-refractivity contribution is 7.81. The Morgan fingerprint density at radius 1 is 1.29 bits per heavy atom. The van der Waals surface area contributed by atoms with Crippen LogP contribution in [0, 0.1) is 17.1 Å². The normalized spacial score (nSPS) is 18.3. The number of pyridine rings is 1. The van der Waals surface area contributed by atoms with Gasteiger partial charge in [-0.15, -0.1) is 12.6 Å². The highest BCUT2D eigenvalue weighted by atomic mass is 32.1. The molecule has 31 heavy (non-hydrogen) atoms. The van der Waals surface area contributed by atoms with Crippen molar-refractivity contribution < 1.29 is 32.3 Å². The Bertz CT molecular complexity index is 1130. The number of anilines is 2. The van der Waals surface area contributed by atoms with Gasteiger partial charge in [-0.3, -0.25) is 9.69 Å². The summed E-state index contributed by atoms with van der Waals surface area (Å²) in [5.74, 6) is -3.19. The van der Waals surface area contributed by atoms with Gasteiger partial charge < -0.3 is 10.0 Å². The van der Waals surface area contributed by atoms with Crippen molar-refractivity contribution in [2.75, 3.05) is 9.80 Å². The molecule has 3 rings (SSSR count). The first-order valence-electron chi connectivity index (χ1n) is 8.62. The summed E-state index contributed by atoms with van der Waals surface area (Å²) < 4.78 is 54.2. The first-order chi connectivity index (χ1) is 14.3. The third kappa shape index (κ3) is 3.65. The van der Waals surface area contributed by atoms with Gasteiger partial charge in [-0.2, -0.15) is 18.4 Å². The van der Waals surface area contributed by atoms with Crippen LogP contribution in [-0.4, -0.2) is 33.0 Å². The van der Waals surface area contributed by atoms with E-state index >= 15 is 0 Å². The molecule has 1 aliphatic heterocycles. The second-order valence-electron chi connectivity index (χ2n) is 7.12. The second-order valence-corrected chi connectivity index (χ2v) is 7.58. The SMILES string of the molecule is CC1(C)C(=O)N(c2cnc(C#N)c(C(F)(F)F)c2)C(S)N1c1ccc(C(=O)O)c(F)c1. The number of rotatable bonds is 3. The van der Waals surface area contributed by atoms with Crippen molar-refractivity contribution in [2.45, 2.75) is 31.1 Å². The lowest BCUT2D eigenvalue weighted by Gasteiger charge is -2.33. The van der Waals surface area contributed by atoms with Crippen LogP contribution in [0.5, 0.6) is 0 Å². The molecule has 1 aliphatic rings. The van der Waals surface area contributed by atoms with Crippen LogP contribution in [0.25, 0.3) is 0 Å². The third-order valence-electron chi connectivity index (χ3n) is 4.83. The Hall–Kier alpha value is -3.33. The van der Waals surface area contributed by atoms with Crippen LogP contribution in [0.15, 0.2) is 30.5 Å². The molecular formula is C19H14F4N4O3S. The topological polar surface area (TPSA) is 97.5 Å². The molecule has 1 saturated heterocycles. The van der Waals surface area contributed by atoms with E-state index in [1.807, 2.05) is 0 Å². The van der Waals surface area contributed by atoms with E-state index in [0.29, 0.717) is 6.07 Å². The number of hydrogen-bond acceptors (Lipinski definition) is 6. The number of carbonyl (C=O) groups is 2. The number of alkyl halides is 3. The molecule has 2 heterocycles. The van der Waals surface area contributed by atoms with Crippen molar-refractivity contribution in [3.8, 4) is 6.07 Å². The minimum Gasteiger partial charge on any atom is -0.478 e. The van der Waals surface area contributed by atoms with Crippen molar-refractivity contribution in [1.29, 1.82) is 5.26 Å². The van der Waals surface area contributed by atoms with E-state index in [1.54, 1.807) is 0 Å². The Morgan fingerprint density at radius 2 is 1.94 bits per heavy atom. The molecule has 0 bridgehead atoms. The van der Waals surface area contributed by atoms with E-state index in [-0.39, 0.29) is 11.4 Å². The molecule has 0 radical (unpaired) electrons. The lowest BCUT2D eigenvalue weighted by Crippen LogP contribution is -2.45. The van der Waals surface area contributed by atoms with Gasteiger partial charge >= 0.3 is 12.1 Å². The molecule has 0 aliphatic carbocycles. The number of aromatic carboxylic acids is 1. The predicted octanol–water partition coefficient (Wildman–Crippen LogP) is 3.65. The number of aromatic nitrogens is 1. The maximum absolute atomic E-state index is 14.2. The smallest absolute Gasteiger partial charge is 0.419 e. The van der Waals surface area contributed by atoms with E-state index in [0.717, 1.165) is 23.2 Å². The monoisotopic (exact) mass is 454 g/mol. The van der Waals surface area contributed by atoms with Crippen molar-refractivity contribution in [1.82, 2.24) is 4.98 Å². The summed E-state index contributed by atoms with van der Waals surface area (Å²) in [5, 5.41) is 17.9. The quantitative estimate of drug-likeness (QED) is 0.543. The number of carboxylic acid groups (broad SMARTS) is 1. The molecule has 7 nitrogen and oxygen atoms in total. The Labute approximate surface area is 178 Å². The molecule has 1 aromatic carbocycles. The molecule has 2 aromatic rings. The fraction of sp³-hybridized carbons (Fsp3) is 0.263. The van der Waals surface area contributed by atoms with Crippen molar-refractivity contribution in [2.24, 2.45) is 0 Å². The number of nitrogens with zero attached hydrogens (tertiary/aromatic N) is 4. The number of carboxylic acids is 1. The Morgan fingerprint density at radius 3 is 2.45 bits per heavy atom. The lowest BCUT2D eigenvalue weighted by atomic mass is 10.0. The fourth-order valence-electron chi connectivity index (χ4n) is 3.33. The van der Waals surface area contributed by atoms with Crippen LogP contribution in [0.3, 0.4) is 0 Å². The molecule has 12 heteroatoms. The van der Waals surface area contributed by atoms with Crippen LogP contribution in [0.4, 0.5) is 28.9 Å². The number of thiol groups is 1. The van der Waals surface area contributed by atoms with Crippen LogP contribution in [0.2, 0.25) is 0 Å². The van der Waals surface area contributed by atoms with Gasteiger partial charge in [0.15, 0.2) is 11.2 Å². The van der Waals surface area contributed by atoms with Gasteiger partial charge in [0.2, 0.25) is 0 Å². The summed E-state index contributed by atoms with van der Waals surface area (Å²) in [4.78, 5) is 29.9. The molecular weight excluding hydrogens is 440 g/mol. The van der Waals surface area contributed by atoms with Crippen molar-refractivity contribution >= 4 is 35.9 Å². The molecule has 1 aromatic heterocycles. The predicted molar refractivity (Wildman–Crippen MR) is 104 cm³/mol. The largest absolute Gasteiger partial charge is 0.478 e. The molecule has 0 spiro atoms. The first kappa shape index (κ1) is 22.4. The van der Waals surface area contributed by atoms with Crippen molar-refractivity contribution in [3.63, 3.8) is 0 Å². The summed E-state index contributed by atoms with van der Waals surface area (Å²) in [7, 11) is 0. The van der Waals surface area contributed by atoms with Gasteiger partial charge in [-0.1, -0.05) is 0 Å². The summed E-state index contributed by atoms with van der Waals surface area (Å²) in [6.07, 6.45) is -3.93. The van der Waals surface area contributed by atoms with Gasteiger partial charge in [0.25, 0.3) is 5.91 Å². The van der Waals surface area contributed by atoms with Crippen LogP contribution < -0.4 is 9.80 Å². The zero-order valence-corrected chi connectivity index (χ0v) is 16.9. The van der Waals surface area contributed by atoms with E-state index in [1.165, 1.54) is 30.9 Å². The standard InChI is InChI=1S/C19H14F4N4O3S/c1-18(2)16(30)26(10-5-12(19(21,22)23)14(7-24)25-8-10)17(31)27(18)9-3-4-11(15(28)29)13(20)6-9/h3-6,8,17,31H,1-2H3,(H,28,29). The van der Waals surface area contributed by atoms with Crippen molar-refractivity contribution in [3.05, 3.63) is 53.1 Å². The molecule has 1 atom stereocenters. The molecule has 1 unspecified atom stereocenters. The van der Waals surface area contributed by atoms with Gasteiger partial charge in [0.1, 0.15) is 17.4 Å². The summed E-state index contributed by atoms with van der Waals surface area (Å²) >= 11 is 4.35. The number of benzene rings is 1. The average molecular weight is 454 g/mol. The number of nitriles is 1. The van der Waals surface area contributed by atoms with E-state index in [2.05, 4.69) is 17.6 Å². The molecule has 1 amide bonds. The second kappa shape index (κ2) is 7.42.